The summed E-state index contributed by atoms with van der Waals surface area (Å²) >= 11 is 5.97. The van der Waals surface area contributed by atoms with Gasteiger partial charge < -0.3 is 15.2 Å². The van der Waals surface area contributed by atoms with Gasteiger partial charge in [-0.05, 0) is 36.8 Å². The maximum atomic E-state index is 6.33. The van der Waals surface area contributed by atoms with E-state index < -0.39 is 0 Å². The monoisotopic (exact) mass is 291 g/mol. The zero-order valence-electron chi connectivity index (χ0n) is 11.6. The highest BCUT2D eigenvalue weighted by Gasteiger charge is 2.15. The van der Waals surface area contributed by atoms with E-state index in [1.165, 1.54) is 0 Å². The van der Waals surface area contributed by atoms with Crippen LogP contribution in [0.3, 0.4) is 0 Å². The number of nitrogens with two attached hydrogens (primary N) is 1. The van der Waals surface area contributed by atoms with Crippen LogP contribution in [0.1, 0.15) is 24.1 Å². The first kappa shape index (κ1) is 14.7. The first-order valence-corrected chi connectivity index (χ1v) is 6.85. The summed E-state index contributed by atoms with van der Waals surface area (Å²) in [7, 11) is 1.61. The average molecular weight is 292 g/mol. The zero-order chi connectivity index (χ0) is 14.5. The summed E-state index contributed by atoms with van der Waals surface area (Å²) in [6.07, 6.45) is 0. The van der Waals surface area contributed by atoms with Gasteiger partial charge in [-0.15, -0.1) is 0 Å². The van der Waals surface area contributed by atoms with E-state index in [0.717, 1.165) is 16.9 Å². The van der Waals surface area contributed by atoms with Crippen molar-refractivity contribution in [2.24, 2.45) is 5.73 Å². The van der Waals surface area contributed by atoms with Crippen molar-refractivity contribution >= 4 is 11.6 Å². The van der Waals surface area contributed by atoms with Gasteiger partial charge in [0, 0.05) is 10.6 Å². The molecule has 3 nitrogen and oxygen atoms in total. The Labute approximate surface area is 124 Å². The number of ether oxygens (including phenoxy) is 2. The predicted molar refractivity (Wildman–Crippen MR) is 81.6 cm³/mol. The third-order valence-electron chi connectivity index (χ3n) is 3.06. The zero-order valence-corrected chi connectivity index (χ0v) is 12.4. The van der Waals surface area contributed by atoms with Crippen molar-refractivity contribution < 1.29 is 9.47 Å². The van der Waals surface area contributed by atoms with Gasteiger partial charge >= 0.3 is 0 Å². The molecule has 0 bridgehead atoms. The smallest absolute Gasteiger partial charge is 0.125 e. The Morgan fingerprint density at radius 1 is 1.20 bits per heavy atom. The van der Waals surface area contributed by atoms with E-state index in [4.69, 9.17) is 26.8 Å². The molecule has 0 saturated heterocycles. The lowest BCUT2D eigenvalue weighted by molar-refractivity contribution is 0.339. The minimum atomic E-state index is -0.289. The Morgan fingerprint density at radius 3 is 2.70 bits per heavy atom. The molecular formula is C16H18ClNO2. The largest absolute Gasteiger partial charge is 0.496 e. The molecule has 2 rings (SSSR count). The van der Waals surface area contributed by atoms with Gasteiger partial charge in [0.2, 0.25) is 0 Å². The quantitative estimate of drug-likeness (QED) is 0.911. The molecule has 0 amide bonds. The van der Waals surface area contributed by atoms with Gasteiger partial charge in [-0.1, -0.05) is 29.8 Å². The summed E-state index contributed by atoms with van der Waals surface area (Å²) in [5.41, 5.74) is 8.19. The second kappa shape index (κ2) is 6.64. The van der Waals surface area contributed by atoms with Crippen molar-refractivity contribution in [3.63, 3.8) is 0 Å². The standard InChI is InChI=1S/C16H18ClNO2/c1-3-20-13-6-4-5-11(9-13)16(18)14-8-7-12(17)10-15(14)19-2/h4-10,16H,3,18H2,1-2H3. The molecule has 0 spiro atoms. The number of hydrogen-bond acceptors (Lipinski definition) is 3. The molecule has 0 aliphatic carbocycles. The van der Waals surface area contributed by atoms with Gasteiger partial charge in [-0.2, -0.15) is 0 Å². The van der Waals surface area contributed by atoms with Crippen molar-refractivity contribution in [3.05, 3.63) is 58.6 Å². The second-order valence-electron chi connectivity index (χ2n) is 4.37. The van der Waals surface area contributed by atoms with E-state index in [1.807, 2.05) is 43.3 Å². The average Bonchev–Trinajstić information content (AvgIpc) is 2.47. The van der Waals surface area contributed by atoms with Crippen LogP contribution in [-0.2, 0) is 0 Å². The maximum absolute atomic E-state index is 6.33. The van der Waals surface area contributed by atoms with Crippen molar-refractivity contribution in [2.45, 2.75) is 13.0 Å². The van der Waals surface area contributed by atoms with E-state index in [9.17, 15) is 0 Å². The molecule has 2 aromatic carbocycles. The van der Waals surface area contributed by atoms with Gasteiger partial charge in [-0.3, -0.25) is 0 Å². The van der Waals surface area contributed by atoms with Gasteiger partial charge in [0.15, 0.2) is 0 Å². The van der Waals surface area contributed by atoms with Crippen LogP contribution in [0.15, 0.2) is 42.5 Å². The molecule has 1 unspecified atom stereocenters. The first-order valence-electron chi connectivity index (χ1n) is 6.47. The van der Waals surface area contributed by atoms with E-state index in [0.29, 0.717) is 17.4 Å². The molecule has 2 aromatic rings. The Kier molecular flexibility index (Phi) is 4.88. The molecule has 0 heterocycles. The highest BCUT2D eigenvalue weighted by atomic mass is 35.5. The molecule has 2 N–H and O–H groups in total. The van der Waals surface area contributed by atoms with Crippen molar-refractivity contribution in [3.8, 4) is 11.5 Å². The number of hydrogen-bond donors (Lipinski definition) is 1. The molecule has 0 aliphatic rings. The number of benzene rings is 2. The minimum Gasteiger partial charge on any atom is -0.496 e. The molecule has 1 atom stereocenters. The first-order chi connectivity index (χ1) is 9.65. The summed E-state index contributed by atoms with van der Waals surface area (Å²) in [6, 6.07) is 12.9. The Balaban J connectivity index is 2.35. The summed E-state index contributed by atoms with van der Waals surface area (Å²) < 4.78 is 10.9. The normalized spacial score (nSPS) is 12.0. The van der Waals surface area contributed by atoms with Crippen LogP contribution in [0.2, 0.25) is 5.02 Å². The van der Waals surface area contributed by atoms with Crippen LogP contribution in [0.4, 0.5) is 0 Å². The van der Waals surface area contributed by atoms with Crippen LogP contribution >= 0.6 is 11.6 Å². The van der Waals surface area contributed by atoms with Crippen LogP contribution in [0.25, 0.3) is 0 Å². The molecule has 4 heteroatoms. The lowest BCUT2D eigenvalue weighted by Crippen LogP contribution is -2.13. The molecule has 0 aromatic heterocycles. The SMILES string of the molecule is CCOc1cccc(C(N)c2ccc(Cl)cc2OC)c1. The molecule has 0 aliphatic heterocycles. The summed E-state index contributed by atoms with van der Waals surface area (Å²) in [6.45, 7) is 2.58. The summed E-state index contributed by atoms with van der Waals surface area (Å²) in [4.78, 5) is 0. The van der Waals surface area contributed by atoms with E-state index in [1.54, 1.807) is 13.2 Å². The molecular weight excluding hydrogens is 274 g/mol. The number of methoxy groups -OCH3 is 1. The van der Waals surface area contributed by atoms with Gasteiger partial charge in [-0.25, -0.2) is 0 Å². The van der Waals surface area contributed by atoms with Gasteiger partial charge in [0.05, 0.1) is 19.8 Å². The van der Waals surface area contributed by atoms with E-state index >= 15 is 0 Å². The maximum Gasteiger partial charge on any atom is 0.125 e. The molecule has 20 heavy (non-hydrogen) atoms. The fourth-order valence-corrected chi connectivity index (χ4v) is 2.25. The topological polar surface area (TPSA) is 44.5 Å². The Hall–Kier alpha value is -1.71. The fourth-order valence-electron chi connectivity index (χ4n) is 2.09. The van der Waals surface area contributed by atoms with Crippen LogP contribution < -0.4 is 15.2 Å². The van der Waals surface area contributed by atoms with Crippen molar-refractivity contribution in [1.29, 1.82) is 0 Å². The van der Waals surface area contributed by atoms with Crippen molar-refractivity contribution in [1.82, 2.24) is 0 Å². The highest BCUT2D eigenvalue weighted by molar-refractivity contribution is 6.30. The fraction of sp³-hybridized carbons (Fsp3) is 0.250. The van der Waals surface area contributed by atoms with Crippen LogP contribution in [-0.4, -0.2) is 13.7 Å². The lowest BCUT2D eigenvalue weighted by atomic mass is 9.98. The van der Waals surface area contributed by atoms with Crippen LogP contribution in [0, 0.1) is 0 Å². The molecule has 0 radical (unpaired) electrons. The lowest BCUT2D eigenvalue weighted by Gasteiger charge is -2.17. The molecule has 106 valence electrons. The second-order valence-corrected chi connectivity index (χ2v) is 4.81. The van der Waals surface area contributed by atoms with E-state index in [2.05, 4.69) is 0 Å². The summed E-state index contributed by atoms with van der Waals surface area (Å²) in [5.74, 6) is 1.50. The third-order valence-corrected chi connectivity index (χ3v) is 3.29. The van der Waals surface area contributed by atoms with Crippen molar-refractivity contribution in [2.75, 3.05) is 13.7 Å². The third kappa shape index (κ3) is 3.24. The molecule has 0 fully saturated rings. The van der Waals surface area contributed by atoms with E-state index in [-0.39, 0.29) is 6.04 Å². The number of halogens is 1. The summed E-state index contributed by atoms with van der Waals surface area (Å²) in [5, 5.41) is 0.626. The predicted octanol–water partition coefficient (Wildman–Crippen LogP) is 3.80. The Morgan fingerprint density at radius 2 is 2.00 bits per heavy atom. The Bertz CT molecular complexity index is 586. The molecule has 0 saturated carbocycles. The minimum absolute atomic E-state index is 0.289. The number of rotatable bonds is 5. The van der Waals surface area contributed by atoms with Gasteiger partial charge in [0.1, 0.15) is 11.5 Å². The van der Waals surface area contributed by atoms with Gasteiger partial charge in [0.25, 0.3) is 0 Å². The van der Waals surface area contributed by atoms with Crippen LogP contribution in [0.5, 0.6) is 11.5 Å². The highest BCUT2D eigenvalue weighted by Crippen LogP contribution is 2.31.